The second kappa shape index (κ2) is 9.78. The van der Waals surface area contributed by atoms with E-state index in [1.54, 1.807) is 18.3 Å². The number of aromatic amines is 1. The maximum atomic E-state index is 12.2. The van der Waals surface area contributed by atoms with Gasteiger partial charge in [0.05, 0.1) is 26.9 Å². The van der Waals surface area contributed by atoms with E-state index in [1.165, 1.54) is 12.1 Å². The van der Waals surface area contributed by atoms with Crippen LogP contribution in [0.3, 0.4) is 0 Å². The molecule has 12 heteroatoms. The normalized spacial score (nSPS) is 10.9. The number of fused-ring (bicyclic) bond motifs is 1. The van der Waals surface area contributed by atoms with Crippen LogP contribution in [0.2, 0.25) is 10.0 Å². The number of hydrogen-bond acceptors (Lipinski definition) is 7. The summed E-state index contributed by atoms with van der Waals surface area (Å²) in [6.45, 7) is 1.97. The van der Waals surface area contributed by atoms with Gasteiger partial charge in [0.2, 0.25) is 5.69 Å². The Kier molecular flexibility index (Phi) is 6.52. The van der Waals surface area contributed by atoms with E-state index in [2.05, 4.69) is 26.0 Å². The van der Waals surface area contributed by atoms with Gasteiger partial charge in [0.25, 0.3) is 5.56 Å². The van der Waals surface area contributed by atoms with Gasteiger partial charge in [0.1, 0.15) is 16.4 Å². The first-order chi connectivity index (χ1) is 17.7. The molecule has 0 fully saturated rings. The van der Waals surface area contributed by atoms with Crippen LogP contribution >= 0.6 is 39.1 Å². The molecule has 0 saturated heterocycles. The number of nitriles is 1. The van der Waals surface area contributed by atoms with Gasteiger partial charge in [-0.1, -0.05) is 23.2 Å². The van der Waals surface area contributed by atoms with Crippen LogP contribution in [-0.4, -0.2) is 24.7 Å². The third-order valence-corrected chi connectivity index (χ3v) is 6.42. The highest BCUT2D eigenvalue weighted by Crippen LogP contribution is 2.39. The molecule has 0 aliphatic carbocycles. The maximum Gasteiger partial charge on any atom is 0.349 e. The lowest BCUT2D eigenvalue weighted by molar-refractivity contribution is 0.483. The topological polar surface area (TPSA) is 127 Å². The molecule has 182 valence electrons. The molecule has 0 aliphatic rings. The van der Waals surface area contributed by atoms with Crippen LogP contribution in [0.4, 0.5) is 0 Å². The van der Waals surface area contributed by atoms with Crippen molar-refractivity contribution in [2.75, 3.05) is 0 Å². The molecule has 2 aromatic carbocycles. The molecule has 1 N–H and O–H groups in total. The molecule has 0 aliphatic heterocycles. The molecular weight excluding hydrogens is 583 g/mol. The molecule has 0 amide bonds. The molecule has 9 nitrogen and oxygen atoms in total. The van der Waals surface area contributed by atoms with Crippen molar-refractivity contribution in [2.24, 2.45) is 0 Å². The fraction of sp³-hybridized carbons (Fsp3) is 0.0400. The Morgan fingerprint density at radius 3 is 2.51 bits per heavy atom. The second-order valence-corrected chi connectivity index (χ2v) is 9.47. The van der Waals surface area contributed by atoms with Crippen molar-refractivity contribution in [1.82, 2.24) is 24.7 Å². The summed E-state index contributed by atoms with van der Waals surface area (Å²) in [5, 5.41) is 13.9. The summed E-state index contributed by atoms with van der Waals surface area (Å²) in [6.07, 6.45) is 1.75. The smallest absolute Gasteiger partial charge is 0.349 e. The molecule has 37 heavy (non-hydrogen) atoms. The highest BCUT2D eigenvalue weighted by molar-refractivity contribution is 9.10. The predicted octanol–water partition coefficient (Wildman–Crippen LogP) is 5.57. The third kappa shape index (κ3) is 4.84. The molecule has 3 aromatic heterocycles. The summed E-state index contributed by atoms with van der Waals surface area (Å²) in [5.41, 5.74) is 1.38. The van der Waals surface area contributed by atoms with Crippen LogP contribution in [0.25, 0.3) is 27.8 Å². The molecule has 5 rings (SSSR count). The van der Waals surface area contributed by atoms with E-state index in [0.717, 1.165) is 37.0 Å². The summed E-state index contributed by atoms with van der Waals surface area (Å²) < 4.78 is 7.56. The fourth-order valence-electron chi connectivity index (χ4n) is 3.64. The summed E-state index contributed by atoms with van der Waals surface area (Å²) in [5.74, 6) is 0.630. The van der Waals surface area contributed by atoms with Gasteiger partial charge in [-0.05, 0) is 76.9 Å². The van der Waals surface area contributed by atoms with E-state index in [4.69, 9.17) is 38.2 Å². The first-order valence-electron chi connectivity index (χ1n) is 10.6. The minimum atomic E-state index is -0.886. The van der Waals surface area contributed by atoms with Gasteiger partial charge < -0.3 is 4.74 Å². The van der Waals surface area contributed by atoms with Crippen molar-refractivity contribution in [1.29, 1.82) is 5.26 Å². The van der Waals surface area contributed by atoms with Gasteiger partial charge in [-0.25, -0.2) is 14.8 Å². The molecule has 0 unspecified atom stereocenters. The summed E-state index contributed by atoms with van der Waals surface area (Å²) in [6, 6.07) is 15.6. The number of aryl methyl sites for hydroxylation is 1. The van der Waals surface area contributed by atoms with Gasteiger partial charge in [-0.15, -0.1) is 5.10 Å². The second-order valence-electron chi connectivity index (χ2n) is 7.85. The Balaban J connectivity index is 1.49. The Labute approximate surface area is 227 Å². The number of benzene rings is 2. The average Bonchev–Trinajstić information content (AvgIpc) is 2.87. The standard InChI is InChI=1S/C25H13BrCl2N6O3/c1-12-6-20(13-2-5-22(26)30-11-13)31-19-4-3-15(9-16(12)19)37-23-17(27)7-14(8-18(23)28)34-25(36)32-24(35)21(10-29)33-34/h2-9,11H,1H3,(H,32,35,36). The number of H-pyrrole nitrogens is 1. The first kappa shape index (κ1) is 24.6. The van der Waals surface area contributed by atoms with Crippen LogP contribution in [-0.2, 0) is 0 Å². The van der Waals surface area contributed by atoms with E-state index < -0.39 is 16.9 Å². The molecule has 0 saturated carbocycles. The van der Waals surface area contributed by atoms with E-state index in [-0.39, 0.29) is 21.5 Å². The minimum Gasteiger partial charge on any atom is -0.454 e. The largest absolute Gasteiger partial charge is 0.454 e. The van der Waals surface area contributed by atoms with Crippen LogP contribution in [0, 0.1) is 18.3 Å². The van der Waals surface area contributed by atoms with Gasteiger partial charge in [-0.3, -0.25) is 9.78 Å². The number of pyridine rings is 2. The lowest BCUT2D eigenvalue weighted by Gasteiger charge is -2.13. The van der Waals surface area contributed by atoms with Crippen molar-refractivity contribution in [3.8, 4) is 34.5 Å². The number of rotatable bonds is 4. The van der Waals surface area contributed by atoms with E-state index in [0.29, 0.717) is 5.75 Å². The summed E-state index contributed by atoms with van der Waals surface area (Å²) in [7, 11) is 0. The lowest BCUT2D eigenvalue weighted by Crippen LogP contribution is -2.33. The van der Waals surface area contributed by atoms with Gasteiger partial charge in [-0.2, -0.15) is 9.94 Å². The lowest BCUT2D eigenvalue weighted by atomic mass is 10.1. The Hall–Kier alpha value is -4.04. The van der Waals surface area contributed by atoms with Gasteiger partial charge in [0.15, 0.2) is 5.75 Å². The summed E-state index contributed by atoms with van der Waals surface area (Å²) >= 11 is 16.2. The minimum absolute atomic E-state index is 0.0916. The molecule has 0 atom stereocenters. The fourth-order valence-corrected chi connectivity index (χ4v) is 4.43. The highest BCUT2D eigenvalue weighted by atomic mass is 79.9. The average molecular weight is 596 g/mol. The number of halogens is 3. The van der Waals surface area contributed by atoms with Crippen molar-refractivity contribution < 1.29 is 4.74 Å². The third-order valence-electron chi connectivity index (χ3n) is 5.39. The van der Waals surface area contributed by atoms with Crippen LogP contribution in [0.1, 0.15) is 11.3 Å². The zero-order valence-electron chi connectivity index (χ0n) is 18.8. The van der Waals surface area contributed by atoms with Crippen molar-refractivity contribution in [3.63, 3.8) is 0 Å². The molecule has 5 aromatic rings. The Bertz CT molecular complexity index is 1840. The zero-order chi connectivity index (χ0) is 26.3. The van der Waals surface area contributed by atoms with Crippen LogP contribution in [0.15, 0.2) is 68.9 Å². The molecule has 0 radical (unpaired) electrons. The van der Waals surface area contributed by atoms with Crippen molar-refractivity contribution in [3.05, 3.63) is 101 Å². The monoisotopic (exact) mass is 594 g/mol. The first-order valence-corrected chi connectivity index (χ1v) is 12.1. The van der Waals surface area contributed by atoms with Crippen LogP contribution in [0.5, 0.6) is 11.5 Å². The maximum absolute atomic E-state index is 12.2. The highest BCUT2D eigenvalue weighted by Gasteiger charge is 2.16. The van der Waals surface area contributed by atoms with E-state index in [9.17, 15) is 9.59 Å². The molecule has 3 heterocycles. The van der Waals surface area contributed by atoms with Crippen LogP contribution < -0.4 is 16.0 Å². The quantitative estimate of drug-likeness (QED) is 0.269. The Morgan fingerprint density at radius 2 is 1.84 bits per heavy atom. The molecular formula is C25H13BrCl2N6O3. The van der Waals surface area contributed by atoms with Crippen molar-refractivity contribution in [2.45, 2.75) is 6.92 Å². The van der Waals surface area contributed by atoms with E-state index in [1.807, 2.05) is 42.2 Å². The van der Waals surface area contributed by atoms with Gasteiger partial charge in [0, 0.05) is 17.1 Å². The number of hydrogen-bond donors (Lipinski definition) is 1. The number of nitrogens with one attached hydrogen (secondary N) is 1. The number of ether oxygens (including phenoxy) is 1. The van der Waals surface area contributed by atoms with Gasteiger partial charge >= 0.3 is 5.69 Å². The Morgan fingerprint density at radius 1 is 1.08 bits per heavy atom. The predicted molar refractivity (Wildman–Crippen MR) is 143 cm³/mol. The van der Waals surface area contributed by atoms with Crippen molar-refractivity contribution >= 4 is 50.0 Å². The molecule has 0 spiro atoms. The van der Waals surface area contributed by atoms with E-state index >= 15 is 0 Å². The number of aromatic nitrogens is 5. The zero-order valence-corrected chi connectivity index (χ0v) is 21.9. The SMILES string of the molecule is Cc1cc(-c2ccc(Br)nc2)nc2ccc(Oc3c(Cl)cc(-n4nc(C#N)c(=O)[nH]c4=O)cc3Cl)cc12. The molecule has 0 bridgehead atoms. The summed E-state index contributed by atoms with van der Waals surface area (Å²) in [4.78, 5) is 34.9. The number of nitrogens with zero attached hydrogens (tertiary/aromatic N) is 5.